The quantitative estimate of drug-likeness (QED) is 0.852. The van der Waals surface area contributed by atoms with Crippen molar-refractivity contribution in [3.63, 3.8) is 0 Å². The van der Waals surface area contributed by atoms with Crippen molar-refractivity contribution in [2.45, 2.75) is 37.9 Å². The van der Waals surface area contributed by atoms with Crippen LogP contribution in [0.3, 0.4) is 0 Å². The first-order valence-corrected chi connectivity index (χ1v) is 8.90. The first kappa shape index (κ1) is 16.5. The Morgan fingerprint density at radius 1 is 1.29 bits per heavy atom. The monoisotopic (exact) mass is 315 g/mol. The summed E-state index contributed by atoms with van der Waals surface area (Å²) in [6.45, 7) is 7.46. The summed E-state index contributed by atoms with van der Waals surface area (Å²) in [6.07, 6.45) is 1.08. The van der Waals surface area contributed by atoms with Crippen LogP contribution in [-0.2, 0) is 16.6 Å². The Labute approximate surface area is 127 Å². The largest absolute Gasteiger partial charge is 0.447 e. The standard InChI is InChI=1S/C14H25N3O3S/c1-4-12(2)16-7-9-17(10-8-16)21(18,19)14-6-5-13(20-14)11-15-3/h5-6,12,15H,4,7-11H2,1-3H3. The Balaban J connectivity index is 2.03. The highest BCUT2D eigenvalue weighted by Crippen LogP contribution is 2.21. The molecular weight excluding hydrogens is 290 g/mol. The van der Waals surface area contributed by atoms with Gasteiger partial charge in [0.15, 0.2) is 0 Å². The number of sulfonamides is 1. The Bertz CT molecular complexity index is 548. The summed E-state index contributed by atoms with van der Waals surface area (Å²) in [7, 11) is -1.71. The van der Waals surface area contributed by atoms with Gasteiger partial charge in [-0.25, -0.2) is 8.42 Å². The second-order valence-electron chi connectivity index (χ2n) is 5.45. The van der Waals surface area contributed by atoms with Crippen LogP contribution < -0.4 is 5.32 Å². The maximum atomic E-state index is 12.5. The van der Waals surface area contributed by atoms with E-state index in [0.29, 0.717) is 31.4 Å². The highest BCUT2D eigenvalue weighted by atomic mass is 32.2. The van der Waals surface area contributed by atoms with E-state index in [0.717, 1.165) is 19.5 Å². The van der Waals surface area contributed by atoms with Gasteiger partial charge in [-0.15, -0.1) is 0 Å². The summed E-state index contributed by atoms with van der Waals surface area (Å²) in [6, 6.07) is 3.75. The topological polar surface area (TPSA) is 65.8 Å². The molecular formula is C14H25N3O3S. The second kappa shape index (κ2) is 6.91. The number of furan rings is 1. The van der Waals surface area contributed by atoms with E-state index in [9.17, 15) is 8.42 Å². The second-order valence-corrected chi connectivity index (χ2v) is 7.32. The molecule has 1 fully saturated rings. The Hall–Kier alpha value is -0.890. The van der Waals surface area contributed by atoms with E-state index < -0.39 is 10.0 Å². The van der Waals surface area contributed by atoms with Crippen LogP contribution in [0.25, 0.3) is 0 Å². The first-order chi connectivity index (χ1) is 9.98. The number of nitrogens with one attached hydrogen (secondary N) is 1. The van der Waals surface area contributed by atoms with Gasteiger partial charge in [0.25, 0.3) is 10.0 Å². The van der Waals surface area contributed by atoms with Crippen molar-refractivity contribution in [3.8, 4) is 0 Å². The lowest BCUT2D eigenvalue weighted by molar-refractivity contribution is 0.141. The number of piperazine rings is 1. The van der Waals surface area contributed by atoms with Gasteiger partial charge < -0.3 is 9.73 Å². The predicted octanol–water partition coefficient (Wildman–Crippen LogP) is 1.10. The van der Waals surface area contributed by atoms with Crippen molar-refractivity contribution in [1.82, 2.24) is 14.5 Å². The molecule has 6 nitrogen and oxygen atoms in total. The average Bonchev–Trinajstić information content (AvgIpc) is 2.96. The van der Waals surface area contributed by atoms with Gasteiger partial charge >= 0.3 is 0 Å². The third-order valence-electron chi connectivity index (χ3n) is 4.07. The Morgan fingerprint density at radius 3 is 2.52 bits per heavy atom. The van der Waals surface area contributed by atoms with Crippen molar-refractivity contribution in [1.29, 1.82) is 0 Å². The van der Waals surface area contributed by atoms with Gasteiger partial charge in [-0.1, -0.05) is 6.92 Å². The zero-order chi connectivity index (χ0) is 15.5. The first-order valence-electron chi connectivity index (χ1n) is 7.46. The molecule has 1 saturated heterocycles. The molecule has 21 heavy (non-hydrogen) atoms. The molecule has 1 aliphatic heterocycles. The molecule has 1 aromatic rings. The smallest absolute Gasteiger partial charge is 0.276 e. The minimum Gasteiger partial charge on any atom is -0.447 e. The van der Waals surface area contributed by atoms with Gasteiger partial charge in [0.1, 0.15) is 5.76 Å². The number of hydrogen-bond acceptors (Lipinski definition) is 5. The van der Waals surface area contributed by atoms with E-state index in [4.69, 9.17) is 4.42 Å². The summed E-state index contributed by atoms with van der Waals surface area (Å²) >= 11 is 0. The van der Waals surface area contributed by atoms with Gasteiger partial charge in [-0.05, 0) is 32.5 Å². The zero-order valence-corrected chi connectivity index (χ0v) is 13.8. The highest BCUT2D eigenvalue weighted by molar-refractivity contribution is 7.89. The number of nitrogens with zero attached hydrogens (tertiary/aromatic N) is 2. The minimum atomic E-state index is -3.50. The molecule has 0 saturated carbocycles. The molecule has 0 aliphatic carbocycles. The van der Waals surface area contributed by atoms with Crippen molar-refractivity contribution in [2.75, 3.05) is 33.2 Å². The number of rotatable bonds is 6. The van der Waals surface area contributed by atoms with Crippen LogP contribution in [-0.4, -0.2) is 56.9 Å². The van der Waals surface area contributed by atoms with Gasteiger partial charge in [0.2, 0.25) is 5.09 Å². The van der Waals surface area contributed by atoms with E-state index in [1.54, 1.807) is 19.2 Å². The lowest BCUT2D eigenvalue weighted by Gasteiger charge is -2.36. The van der Waals surface area contributed by atoms with E-state index in [1.807, 2.05) is 0 Å². The van der Waals surface area contributed by atoms with Crippen LogP contribution in [0.5, 0.6) is 0 Å². The molecule has 2 rings (SSSR count). The molecule has 0 aromatic carbocycles. The normalized spacial score (nSPS) is 19.8. The van der Waals surface area contributed by atoms with Gasteiger partial charge in [0.05, 0.1) is 6.54 Å². The summed E-state index contributed by atoms with van der Waals surface area (Å²) in [5.41, 5.74) is 0. The van der Waals surface area contributed by atoms with Crippen LogP contribution >= 0.6 is 0 Å². The molecule has 0 spiro atoms. The molecule has 1 N–H and O–H groups in total. The van der Waals surface area contributed by atoms with E-state index >= 15 is 0 Å². The van der Waals surface area contributed by atoms with Crippen molar-refractivity contribution in [3.05, 3.63) is 17.9 Å². The molecule has 0 radical (unpaired) electrons. The average molecular weight is 315 g/mol. The van der Waals surface area contributed by atoms with Crippen LogP contribution in [0.15, 0.2) is 21.6 Å². The van der Waals surface area contributed by atoms with E-state index in [2.05, 4.69) is 24.1 Å². The third-order valence-corrected chi connectivity index (χ3v) is 5.84. The van der Waals surface area contributed by atoms with Crippen LogP contribution in [0, 0.1) is 0 Å². The van der Waals surface area contributed by atoms with E-state index in [1.165, 1.54) is 4.31 Å². The fourth-order valence-electron chi connectivity index (χ4n) is 2.54. The van der Waals surface area contributed by atoms with Crippen LogP contribution in [0.2, 0.25) is 0 Å². The molecule has 0 amide bonds. The molecule has 1 aliphatic rings. The molecule has 0 bridgehead atoms. The molecule has 7 heteroatoms. The molecule has 120 valence electrons. The van der Waals surface area contributed by atoms with Crippen molar-refractivity contribution < 1.29 is 12.8 Å². The highest BCUT2D eigenvalue weighted by Gasteiger charge is 2.31. The van der Waals surface area contributed by atoms with Crippen molar-refractivity contribution >= 4 is 10.0 Å². The lowest BCUT2D eigenvalue weighted by Crippen LogP contribution is -2.51. The summed E-state index contributed by atoms with van der Waals surface area (Å²) in [5.74, 6) is 0.634. The van der Waals surface area contributed by atoms with Crippen molar-refractivity contribution in [2.24, 2.45) is 0 Å². The lowest BCUT2D eigenvalue weighted by atomic mass is 10.2. The van der Waals surface area contributed by atoms with Gasteiger partial charge in [0, 0.05) is 32.2 Å². The minimum absolute atomic E-state index is 0.0461. The SMILES string of the molecule is CCC(C)N1CCN(S(=O)(=O)c2ccc(CNC)o2)CC1. The Morgan fingerprint density at radius 2 is 1.95 bits per heavy atom. The molecule has 2 heterocycles. The fourth-order valence-corrected chi connectivity index (χ4v) is 3.89. The van der Waals surface area contributed by atoms with Gasteiger partial charge in [-0.3, -0.25) is 4.90 Å². The summed E-state index contributed by atoms with van der Waals surface area (Å²) in [4.78, 5) is 2.33. The summed E-state index contributed by atoms with van der Waals surface area (Å²) < 4.78 is 32.0. The number of hydrogen-bond donors (Lipinski definition) is 1. The molecule has 1 atom stereocenters. The predicted molar refractivity (Wildman–Crippen MR) is 81.6 cm³/mol. The van der Waals surface area contributed by atoms with E-state index in [-0.39, 0.29) is 5.09 Å². The van der Waals surface area contributed by atoms with Gasteiger partial charge in [-0.2, -0.15) is 4.31 Å². The fraction of sp³-hybridized carbons (Fsp3) is 0.714. The third kappa shape index (κ3) is 3.66. The maximum absolute atomic E-state index is 12.5. The Kier molecular flexibility index (Phi) is 5.43. The molecule has 1 unspecified atom stereocenters. The molecule has 1 aromatic heterocycles. The summed E-state index contributed by atoms with van der Waals surface area (Å²) in [5, 5.41) is 2.99. The maximum Gasteiger partial charge on any atom is 0.276 e. The van der Waals surface area contributed by atoms with Crippen LogP contribution in [0.1, 0.15) is 26.0 Å². The zero-order valence-electron chi connectivity index (χ0n) is 13.0. The van der Waals surface area contributed by atoms with Crippen LogP contribution in [0.4, 0.5) is 0 Å².